The number of sulfone groups is 1. The van der Waals surface area contributed by atoms with E-state index in [4.69, 9.17) is 12.2 Å². The average molecular weight is 736 g/mol. The first-order chi connectivity index (χ1) is 24.4. The highest BCUT2D eigenvalue weighted by molar-refractivity contribution is 7.91. The van der Waals surface area contributed by atoms with Crippen LogP contribution < -0.4 is 15.5 Å². The number of aliphatic hydroxyl groups is 1. The van der Waals surface area contributed by atoms with Crippen LogP contribution in [0.2, 0.25) is 0 Å². The van der Waals surface area contributed by atoms with Gasteiger partial charge in [0.1, 0.15) is 12.4 Å². The smallest absolute Gasteiger partial charge is 0.179 e. The molecular formula is C41H56FN4O3S2+. The molecule has 2 unspecified atom stereocenters. The summed E-state index contributed by atoms with van der Waals surface area (Å²) in [6.07, 6.45) is 7.67. The first kappa shape index (κ1) is 37.7. The summed E-state index contributed by atoms with van der Waals surface area (Å²) in [6, 6.07) is 18.6. The van der Waals surface area contributed by atoms with Gasteiger partial charge in [-0.2, -0.15) is 0 Å². The van der Waals surface area contributed by atoms with E-state index in [0.717, 1.165) is 59.4 Å². The molecule has 4 aliphatic rings. The Kier molecular flexibility index (Phi) is 11.5. The zero-order valence-corrected chi connectivity index (χ0v) is 32.4. The minimum Gasteiger partial charge on any atom is -0.392 e. The molecule has 51 heavy (non-hydrogen) atoms. The lowest BCUT2D eigenvalue weighted by Gasteiger charge is -2.49. The molecule has 7 rings (SSSR count). The van der Waals surface area contributed by atoms with Crippen LogP contribution in [0.1, 0.15) is 94.2 Å². The molecular weight excluding hydrogens is 680 g/mol. The summed E-state index contributed by atoms with van der Waals surface area (Å²) >= 11 is 5.67. The molecule has 0 amide bonds. The summed E-state index contributed by atoms with van der Waals surface area (Å²) in [6.45, 7) is 8.64. The highest BCUT2D eigenvalue weighted by atomic mass is 32.2. The van der Waals surface area contributed by atoms with Gasteiger partial charge >= 0.3 is 0 Å². The Morgan fingerprint density at radius 3 is 2.27 bits per heavy atom. The van der Waals surface area contributed by atoms with E-state index in [1.807, 2.05) is 61.5 Å². The second-order valence-electron chi connectivity index (χ2n) is 15.8. The van der Waals surface area contributed by atoms with Gasteiger partial charge in [0.05, 0.1) is 42.1 Å². The van der Waals surface area contributed by atoms with Crippen LogP contribution >= 0.6 is 12.2 Å². The molecule has 3 aromatic rings. The molecule has 7 nitrogen and oxygen atoms in total. The van der Waals surface area contributed by atoms with Crippen molar-refractivity contribution in [1.29, 1.82) is 0 Å². The Bertz CT molecular complexity index is 1800. The van der Waals surface area contributed by atoms with Crippen LogP contribution in [0.25, 0.3) is 0 Å². The predicted octanol–water partition coefficient (Wildman–Crippen LogP) is 8.48. The van der Waals surface area contributed by atoms with Crippen molar-refractivity contribution in [2.24, 2.45) is 11.3 Å². The molecule has 3 saturated heterocycles. The van der Waals surface area contributed by atoms with Crippen molar-refractivity contribution in [3.8, 4) is 0 Å². The third-order valence-electron chi connectivity index (χ3n) is 12.0. The summed E-state index contributed by atoms with van der Waals surface area (Å²) in [5.74, 6) is -0.117. The lowest BCUT2D eigenvalue weighted by atomic mass is 9.68. The molecule has 0 aliphatic carbocycles. The van der Waals surface area contributed by atoms with Gasteiger partial charge in [0.2, 0.25) is 0 Å². The Balaban J connectivity index is 1.28. The normalized spacial score (nSPS) is 24.7. The number of nitrogens with one attached hydrogen (secondary N) is 2. The Morgan fingerprint density at radius 1 is 0.961 bits per heavy atom. The van der Waals surface area contributed by atoms with E-state index in [1.54, 1.807) is 18.2 Å². The number of anilines is 3. The molecule has 3 N–H and O–H groups in total. The second kappa shape index (κ2) is 15.5. The summed E-state index contributed by atoms with van der Waals surface area (Å²) in [4.78, 5) is 2.24. The van der Waals surface area contributed by atoms with Gasteiger partial charge in [-0.1, -0.05) is 57.7 Å². The average Bonchev–Trinajstić information content (AvgIpc) is 3.18. The van der Waals surface area contributed by atoms with Gasteiger partial charge in [0.15, 0.2) is 14.9 Å². The minimum absolute atomic E-state index is 0.0806. The standard InChI is InChI=1S/C41H55FN4O3S2/c1-5-7-19-41(20-8-6-2)28-51(48,49)37-15-13-33(45(3)4)26-34(37)38(39(41)47)31-10-9-11-32(25-31)43-40(50)44-36-14-12-30(24-35(36)42)27-46-21-16-29(17-22-46)18-23-46/h9-15,24-26,29,38-39,47H,5-8,16-23,27-28H2,1-4H3,(H-,43,44,50)/p+1. The number of benzene rings is 3. The molecule has 2 bridgehead atoms. The highest BCUT2D eigenvalue weighted by Gasteiger charge is 2.49. The fourth-order valence-electron chi connectivity index (χ4n) is 9.01. The van der Waals surface area contributed by atoms with Crippen molar-refractivity contribution < 1.29 is 22.4 Å². The number of thiocarbonyl (C=S) groups is 1. The summed E-state index contributed by atoms with van der Waals surface area (Å²) in [7, 11) is 0.153. The van der Waals surface area contributed by atoms with Gasteiger partial charge < -0.3 is 25.1 Å². The zero-order chi connectivity index (χ0) is 36.4. The van der Waals surface area contributed by atoms with Crippen molar-refractivity contribution in [2.45, 2.75) is 95.1 Å². The molecule has 2 atom stereocenters. The Morgan fingerprint density at radius 2 is 1.65 bits per heavy atom. The third kappa shape index (κ3) is 8.14. The van der Waals surface area contributed by atoms with Gasteiger partial charge in [-0.25, -0.2) is 12.8 Å². The van der Waals surface area contributed by atoms with Crippen LogP contribution in [0, 0.1) is 17.2 Å². The molecule has 3 fully saturated rings. The van der Waals surface area contributed by atoms with Gasteiger partial charge in [-0.3, -0.25) is 0 Å². The number of rotatable bonds is 12. The first-order valence-electron chi connectivity index (χ1n) is 18.9. The molecule has 4 aliphatic heterocycles. The predicted molar refractivity (Wildman–Crippen MR) is 211 cm³/mol. The van der Waals surface area contributed by atoms with E-state index in [-0.39, 0.29) is 21.6 Å². The first-order valence-corrected chi connectivity index (χ1v) is 21.0. The van der Waals surface area contributed by atoms with Crippen molar-refractivity contribution in [1.82, 2.24) is 0 Å². The summed E-state index contributed by atoms with van der Waals surface area (Å²) in [5, 5.41) is 19.1. The number of nitrogens with zero attached hydrogens (tertiary/aromatic N) is 2. The van der Waals surface area contributed by atoms with E-state index in [9.17, 15) is 13.5 Å². The van der Waals surface area contributed by atoms with Gasteiger partial charge in [-0.15, -0.1) is 0 Å². The molecule has 0 saturated carbocycles. The van der Waals surface area contributed by atoms with Crippen molar-refractivity contribution in [3.63, 3.8) is 0 Å². The van der Waals surface area contributed by atoms with Gasteiger partial charge in [0.25, 0.3) is 0 Å². The van der Waals surface area contributed by atoms with E-state index in [2.05, 4.69) is 24.5 Å². The number of halogens is 1. The number of hydrogen-bond acceptors (Lipinski definition) is 5. The minimum atomic E-state index is -3.71. The van der Waals surface area contributed by atoms with Crippen LogP contribution in [-0.2, 0) is 16.4 Å². The van der Waals surface area contributed by atoms with Crippen LogP contribution in [0.5, 0.6) is 0 Å². The number of unbranched alkanes of at least 4 members (excludes halogenated alkanes) is 2. The van der Waals surface area contributed by atoms with Crippen molar-refractivity contribution in [3.05, 3.63) is 83.2 Å². The number of quaternary nitrogens is 1. The van der Waals surface area contributed by atoms with E-state index in [1.165, 1.54) is 38.9 Å². The molecule has 0 aromatic heterocycles. The van der Waals surface area contributed by atoms with E-state index < -0.39 is 27.3 Å². The van der Waals surface area contributed by atoms with Gasteiger partial charge in [0, 0.05) is 42.4 Å². The number of aliphatic hydroxyl groups excluding tert-OH is 1. The summed E-state index contributed by atoms with van der Waals surface area (Å²) in [5.41, 5.74) is 3.48. The molecule has 0 radical (unpaired) electrons. The lowest BCUT2D eigenvalue weighted by Crippen LogP contribution is -2.57. The third-order valence-corrected chi connectivity index (χ3v) is 14.2. The van der Waals surface area contributed by atoms with Crippen molar-refractivity contribution >= 4 is 44.2 Å². The Hall–Kier alpha value is -3.05. The topological polar surface area (TPSA) is 81.7 Å². The van der Waals surface area contributed by atoms with Crippen LogP contribution in [-0.4, -0.2) is 68.7 Å². The van der Waals surface area contributed by atoms with E-state index in [0.29, 0.717) is 29.8 Å². The quantitative estimate of drug-likeness (QED) is 0.127. The molecule has 4 heterocycles. The lowest BCUT2D eigenvalue weighted by molar-refractivity contribution is -0.955. The second-order valence-corrected chi connectivity index (χ2v) is 18.2. The van der Waals surface area contributed by atoms with E-state index >= 15 is 4.39 Å². The zero-order valence-electron chi connectivity index (χ0n) is 30.8. The maximum absolute atomic E-state index is 15.4. The molecule has 3 aromatic carbocycles. The molecule has 10 heteroatoms. The van der Waals surface area contributed by atoms with Crippen LogP contribution in [0.3, 0.4) is 0 Å². The fourth-order valence-corrected chi connectivity index (χ4v) is 11.4. The number of fused-ring (bicyclic) bond motifs is 4. The van der Waals surface area contributed by atoms with Crippen LogP contribution in [0.15, 0.2) is 65.6 Å². The molecule has 0 spiro atoms. The maximum Gasteiger partial charge on any atom is 0.179 e. The molecule has 276 valence electrons. The highest BCUT2D eigenvalue weighted by Crippen LogP contribution is 2.50. The largest absolute Gasteiger partial charge is 0.392 e. The SMILES string of the molecule is CCCCC1(CCCC)CS(=O)(=O)c2ccc(N(C)C)cc2C(c2cccc(NC(=S)Nc3ccc(C[N+]45CCC(CC4)CC5)cc3F)c2)C1O. The summed E-state index contributed by atoms with van der Waals surface area (Å²) < 4.78 is 44.9. The monoisotopic (exact) mass is 735 g/mol. The maximum atomic E-state index is 15.4. The number of hydrogen-bond donors (Lipinski definition) is 3. The van der Waals surface area contributed by atoms with Crippen LogP contribution in [0.4, 0.5) is 21.5 Å². The Labute approximate surface area is 310 Å². The number of piperidine rings is 3. The van der Waals surface area contributed by atoms with Crippen molar-refractivity contribution in [2.75, 3.05) is 55.0 Å². The van der Waals surface area contributed by atoms with Gasteiger partial charge in [-0.05, 0) is 104 Å². The fraction of sp³-hybridized carbons (Fsp3) is 0.537.